The summed E-state index contributed by atoms with van der Waals surface area (Å²) >= 11 is 0. The highest BCUT2D eigenvalue weighted by atomic mass is 35.5. The van der Waals surface area contributed by atoms with E-state index in [1.165, 1.54) is 6.07 Å². The molecule has 0 aliphatic carbocycles. The van der Waals surface area contributed by atoms with Gasteiger partial charge >= 0.3 is 6.18 Å². The van der Waals surface area contributed by atoms with Gasteiger partial charge in [-0.25, -0.2) is 4.39 Å². The fraction of sp³-hybridized carbons (Fsp3) is 0.625. The predicted molar refractivity (Wildman–Crippen MR) is 92.5 cm³/mol. The topological polar surface area (TPSA) is 15.3 Å². The van der Waals surface area contributed by atoms with Crippen molar-refractivity contribution in [1.29, 1.82) is 0 Å². The molecule has 1 atom stereocenters. The maximum atomic E-state index is 13.5. The van der Waals surface area contributed by atoms with E-state index < -0.39 is 17.6 Å². The summed E-state index contributed by atoms with van der Waals surface area (Å²) in [6.45, 7) is 7.31. The summed E-state index contributed by atoms with van der Waals surface area (Å²) in [6, 6.07) is 3.29. The Morgan fingerprint density at radius 1 is 1.12 bits per heavy atom. The summed E-state index contributed by atoms with van der Waals surface area (Å²) in [5.74, 6) is -0.862. The van der Waals surface area contributed by atoms with Crippen LogP contribution in [0.4, 0.5) is 17.6 Å². The van der Waals surface area contributed by atoms with E-state index >= 15 is 0 Å². The summed E-state index contributed by atoms with van der Waals surface area (Å²) < 4.78 is 52.3. The third-order valence-corrected chi connectivity index (χ3v) is 3.97. The number of nitrogens with zero attached hydrogens (tertiary/aromatic N) is 1. The molecule has 0 spiro atoms. The van der Waals surface area contributed by atoms with Gasteiger partial charge in [0.25, 0.3) is 0 Å². The molecule has 0 amide bonds. The summed E-state index contributed by atoms with van der Waals surface area (Å²) in [5.41, 5.74) is -0.627. The Morgan fingerprint density at radius 2 is 1.71 bits per heavy atom. The van der Waals surface area contributed by atoms with Crippen LogP contribution in [0, 0.1) is 11.7 Å². The van der Waals surface area contributed by atoms with E-state index in [1.54, 1.807) is 0 Å². The number of benzene rings is 1. The first-order valence-electron chi connectivity index (χ1n) is 7.60. The van der Waals surface area contributed by atoms with Gasteiger partial charge in [0.05, 0.1) is 5.56 Å². The smallest absolute Gasteiger partial charge is 0.314 e. The lowest BCUT2D eigenvalue weighted by Gasteiger charge is -2.36. The van der Waals surface area contributed by atoms with E-state index in [9.17, 15) is 17.6 Å². The van der Waals surface area contributed by atoms with Crippen molar-refractivity contribution >= 4 is 24.8 Å². The standard InChI is InChI=1S/C16H22F4N2.2ClH/c1-11(2)9-15(22-7-5-21-6-8-22)12-3-4-14(17)13(10-12)16(18,19)20;;/h3-4,10-11,15,21H,5-9H2,1-2H3;2*1H/t15-;;/m0../s1. The minimum absolute atomic E-state index is 0. The highest BCUT2D eigenvalue weighted by Gasteiger charge is 2.35. The number of alkyl halides is 3. The van der Waals surface area contributed by atoms with Crippen LogP contribution >= 0.6 is 24.8 Å². The predicted octanol–water partition coefficient (Wildman–Crippen LogP) is 4.68. The average molecular weight is 391 g/mol. The fourth-order valence-electron chi connectivity index (χ4n) is 2.90. The second-order valence-electron chi connectivity index (χ2n) is 6.17. The Kier molecular flexibility index (Phi) is 9.57. The van der Waals surface area contributed by atoms with Gasteiger partial charge in [0, 0.05) is 32.2 Å². The molecule has 1 aromatic carbocycles. The largest absolute Gasteiger partial charge is 0.419 e. The van der Waals surface area contributed by atoms with Gasteiger partial charge in [0.1, 0.15) is 5.82 Å². The molecule has 1 N–H and O–H groups in total. The molecule has 1 aliphatic heterocycles. The van der Waals surface area contributed by atoms with Gasteiger partial charge < -0.3 is 5.32 Å². The number of rotatable bonds is 4. The van der Waals surface area contributed by atoms with E-state index in [0.29, 0.717) is 11.5 Å². The molecular formula is C16H24Cl2F4N2. The Morgan fingerprint density at radius 3 is 2.21 bits per heavy atom. The summed E-state index contributed by atoms with van der Waals surface area (Å²) in [6.07, 6.45) is -3.91. The Bertz CT molecular complexity index is 503. The molecule has 24 heavy (non-hydrogen) atoms. The maximum absolute atomic E-state index is 13.5. The van der Waals surface area contributed by atoms with Gasteiger partial charge in [-0.3, -0.25) is 4.90 Å². The molecule has 140 valence electrons. The normalized spacial score (nSPS) is 17.1. The van der Waals surface area contributed by atoms with E-state index in [2.05, 4.69) is 10.2 Å². The summed E-state index contributed by atoms with van der Waals surface area (Å²) in [5, 5.41) is 3.24. The lowest BCUT2D eigenvalue weighted by Crippen LogP contribution is -2.45. The minimum Gasteiger partial charge on any atom is -0.314 e. The van der Waals surface area contributed by atoms with Crippen molar-refractivity contribution in [3.8, 4) is 0 Å². The molecule has 0 aromatic heterocycles. The van der Waals surface area contributed by atoms with Gasteiger partial charge in [-0.2, -0.15) is 13.2 Å². The number of hydrogen-bond donors (Lipinski definition) is 1. The molecule has 8 heteroatoms. The van der Waals surface area contributed by atoms with Gasteiger partial charge in [0.15, 0.2) is 0 Å². The third kappa shape index (κ3) is 6.06. The van der Waals surface area contributed by atoms with Crippen molar-refractivity contribution in [2.24, 2.45) is 5.92 Å². The van der Waals surface area contributed by atoms with E-state index in [-0.39, 0.29) is 30.9 Å². The minimum atomic E-state index is -4.66. The molecule has 0 bridgehead atoms. The van der Waals surface area contributed by atoms with Crippen LogP contribution in [0.3, 0.4) is 0 Å². The highest BCUT2D eigenvalue weighted by molar-refractivity contribution is 5.85. The molecule has 1 fully saturated rings. The molecule has 0 saturated carbocycles. The lowest BCUT2D eigenvalue weighted by atomic mass is 9.93. The van der Waals surface area contributed by atoms with Gasteiger partial charge in [-0.05, 0) is 30.0 Å². The monoisotopic (exact) mass is 390 g/mol. The molecule has 1 aliphatic rings. The maximum Gasteiger partial charge on any atom is 0.419 e. The van der Waals surface area contributed by atoms with Gasteiger partial charge in [-0.15, -0.1) is 24.8 Å². The third-order valence-electron chi connectivity index (χ3n) is 3.97. The fourth-order valence-corrected chi connectivity index (χ4v) is 2.90. The molecule has 0 unspecified atom stereocenters. The first-order valence-corrected chi connectivity index (χ1v) is 7.60. The van der Waals surface area contributed by atoms with Crippen molar-refractivity contribution < 1.29 is 17.6 Å². The Balaban J connectivity index is 0.00000264. The van der Waals surface area contributed by atoms with Crippen LogP contribution in [0.25, 0.3) is 0 Å². The van der Waals surface area contributed by atoms with Crippen LogP contribution in [-0.4, -0.2) is 31.1 Å². The van der Waals surface area contributed by atoms with Gasteiger partial charge in [0.2, 0.25) is 0 Å². The van der Waals surface area contributed by atoms with Gasteiger partial charge in [-0.1, -0.05) is 19.9 Å². The number of hydrogen-bond acceptors (Lipinski definition) is 2. The van der Waals surface area contributed by atoms with Crippen molar-refractivity contribution in [2.45, 2.75) is 32.5 Å². The molecule has 2 rings (SSSR count). The summed E-state index contributed by atoms with van der Waals surface area (Å²) in [4.78, 5) is 2.18. The molecule has 1 aromatic rings. The van der Waals surface area contributed by atoms with E-state index in [1.807, 2.05) is 13.8 Å². The van der Waals surface area contributed by atoms with Crippen LogP contribution in [-0.2, 0) is 6.18 Å². The Hall–Kier alpha value is -0.560. The zero-order valence-corrected chi connectivity index (χ0v) is 15.3. The van der Waals surface area contributed by atoms with Crippen LogP contribution in [0.5, 0.6) is 0 Å². The number of piperazine rings is 1. The lowest BCUT2D eigenvalue weighted by molar-refractivity contribution is -0.140. The molecule has 1 heterocycles. The quantitative estimate of drug-likeness (QED) is 0.750. The molecule has 1 saturated heterocycles. The zero-order chi connectivity index (χ0) is 16.3. The second kappa shape index (κ2) is 9.80. The highest BCUT2D eigenvalue weighted by Crippen LogP contribution is 2.35. The second-order valence-corrected chi connectivity index (χ2v) is 6.17. The van der Waals surface area contributed by atoms with E-state index in [0.717, 1.165) is 44.7 Å². The average Bonchev–Trinajstić information content (AvgIpc) is 2.45. The SMILES string of the molecule is CC(C)C[C@@H](c1ccc(F)c(C(F)(F)F)c1)N1CCNCC1.Cl.Cl. The molecule has 0 radical (unpaired) electrons. The summed E-state index contributed by atoms with van der Waals surface area (Å²) in [7, 11) is 0. The van der Waals surface area contributed by atoms with Crippen LogP contribution in [0.2, 0.25) is 0 Å². The van der Waals surface area contributed by atoms with Crippen LogP contribution in [0.1, 0.15) is 37.4 Å². The first-order chi connectivity index (χ1) is 10.3. The van der Waals surface area contributed by atoms with E-state index in [4.69, 9.17) is 0 Å². The van der Waals surface area contributed by atoms with Crippen molar-refractivity contribution in [3.05, 3.63) is 35.1 Å². The molecule has 2 nitrogen and oxygen atoms in total. The zero-order valence-electron chi connectivity index (χ0n) is 13.7. The Labute approximate surface area is 152 Å². The van der Waals surface area contributed by atoms with Crippen LogP contribution in [0.15, 0.2) is 18.2 Å². The van der Waals surface area contributed by atoms with Crippen molar-refractivity contribution in [2.75, 3.05) is 26.2 Å². The molecular weight excluding hydrogens is 367 g/mol. The van der Waals surface area contributed by atoms with Crippen LogP contribution < -0.4 is 5.32 Å². The number of nitrogens with one attached hydrogen (secondary N) is 1. The van der Waals surface area contributed by atoms with Crippen molar-refractivity contribution in [3.63, 3.8) is 0 Å². The number of halogens is 6. The van der Waals surface area contributed by atoms with Crippen molar-refractivity contribution in [1.82, 2.24) is 10.2 Å². The first kappa shape index (κ1) is 23.4.